The lowest BCUT2D eigenvalue weighted by atomic mass is 10.2. The highest BCUT2D eigenvalue weighted by molar-refractivity contribution is 5.93. The second-order valence-electron chi connectivity index (χ2n) is 2.80. The fourth-order valence-corrected chi connectivity index (χ4v) is 0.998. The van der Waals surface area contributed by atoms with Crippen molar-refractivity contribution in [1.82, 2.24) is 0 Å². The topological polar surface area (TPSA) is 66.4 Å². The van der Waals surface area contributed by atoms with Crippen LogP contribution in [-0.2, 0) is 4.79 Å². The van der Waals surface area contributed by atoms with E-state index in [1.165, 1.54) is 0 Å². The number of carboxylic acids is 1. The first-order valence-electron chi connectivity index (χ1n) is 3.91. The summed E-state index contributed by atoms with van der Waals surface area (Å²) in [5.74, 6) is -4.31. The maximum Gasteiger partial charge on any atom is 0.338 e. The number of carbonyl (C=O) groups is 2. The SMILES string of the molecule is CC(=O)Nc1cc(C(=O)O)c(F)cc1F. The Kier molecular flexibility index (Phi) is 2.99. The third-order valence-electron chi connectivity index (χ3n) is 1.60. The average Bonchev–Trinajstić information content (AvgIpc) is 2.08. The van der Waals surface area contributed by atoms with Gasteiger partial charge in [0, 0.05) is 13.0 Å². The van der Waals surface area contributed by atoms with Gasteiger partial charge in [0.15, 0.2) is 0 Å². The fourth-order valence-electron chi connectivity index (χ4n) is 0.998. The number of aromatic carboxylic acids is 1. The minimum atomic E-state index is -1.53. The molecule has 6 heteroatoms. The predicted octanol–water partition coefficient (Wildman–Crippen LogP) is 1.62. The summed E-state index contributed by atoms with van der Waals surface area (Å²) in [6, 6.07) is 1.14. The fraction of sp³-hybridized carbons (Fsp3) is 0.111. The second-order valence-corrected chi connectivity index (χ2v) is 2.80. The highest BCUT2D eigenvalue weighted by Gasteiger charge is 2.15. The highest BCUT2D eigenvalue weighted by atomic mass is 19.1. The molecule has 0 atom stereocenters. The van der Waals surface area contributed by atoms with Crippen molar-refractivity contribution in [2.45, 2.75) is 6.92 Å². The molecule has 1 amide bonds. The number of benzene rings is 1. The summed E-state index contributed by atoms with van der Waals surface area (Å²) in [5, 5.41) is 10.6. The maximum absolute atomic E-state index is 13.0. The third kappa shape index (κ3) is 2.49. The zero-order chi connectivity index (χ0) is 11.6. The van der Waals surface area contributed by atoms with Gasteiger partial charge in [-0.25, -0.2) is 13.6 Å². The van der Waals surface area contributed by atoms with E-state index < -0.39 is 29.1 Å². The zero-order valence-electron chi connectivity index (χ0n) is 7.67. The van der Waals surface area contributed by atoms with E-state index in [4.69, 9.17) is 5.11 Å². The number of amides is 1. The minimum Gasteiger partial charge on any atom is -0.478 e. The van der Waals surface area contributed by atoms with E-state index in [0.717, 1.165) is 13.0 Å². The third-order valence-corrected chi connectivity index (χ3v) is 1.60. The number of hydrogen-bond donors (Lipinski definition) is 2. The summed E-state index contributed by atoms with van der Waals surface area (Å²) in [5.41, 5.74) is -1.05. The predicted molar refractivity (Wildman–Crippen MR) is 47.6 cm³/mol. The first-order chi connectivity index (χ1) is 6.91. The van der Waals surface area contributed by atoms with Gasteiger partial charge in [0.2, 0.25) is 5.91 Å². The van der Waals surface area contributed by atoms with E-state index in [0.29, 0.717) is 6.07 Å². The van der Waals surface area contributed by atoms with Gasteiger partial charge in [-0.1, -0.05) is 0 Å². The van der Waals surface area contributed by atoms with Crippen molar-refractivity contribution >= 4 is 17.6 Å². The Morgan fingerprint density at radius 1 is 1.27 bits per heavy atom. The van der Waals surface area contributed by atoms with Crippen molar-refractivity contribution in [3.8, 4) is 0 Å². The molecule has 0 fully saturated rings. The smallest absolute Gasteiger partial charge is 0.338 e. The molecular formula is C9H7F2NO3. The summed E-state index contributed by atoms with van der Waals surface area (Å²) < 4.78 is 25.9. The standard InChI is InChI=1S/C9H7F2NO3/c1-4(13)12-8-2-5(9(14)15)6(10)3-7(8)11/h2-3H,1H3,(H,12,13)(H,14,15). The Balaban J connectivity index is 3.23. The van der Waals surface area contributed by atoms with Gasteiger partial charge in [0.05, 0.1) is 11.3 Å². The Morgan fingerprint density at radius 3 is 2.33 bits per heavy atom. The Hall–Kier alpha value is -1.98. The number of rotatable bonds is 2. The van der Waals surface area contributed by atoms with Crippen LogP contribution in [-0.4, -0.2) is 17.0 Å². The van der Waals surface area contributed by atoms with E-state index in [9.17, 15) is 18.4 Å². The molecule has 0 aliphatic heterocycles. The van der Waals surface area contributed by atoms with E-state index in [2.05, 4.69) is 5.32 Å². The number of nitrogens with one attached hydrogen (secondary N) is 1. The van der Waals surface area contributed by atoms with Crippen LogP contribution in [0, 0.1) is 11.6 Å². The molecule has 0 radical (unpaired) electrons. The molecule has 2 N–H and O–H groups in total. The largest absolute Gasteiger partial charge is 0.478 e. The van der Waals surface area contributed by atoms with Gasteiger partial charge in [-0.15, -0.1) is 0 Å². The van der Waals surface area contributed by atoms with Crippen LogP contribution in [0.2, 0.25) is 0 Å². The van der Waals surface area contributed by atoms with Crippen molar-refractivity contribution in [1.29, 1.82) is 0 Å². The maximum atomic E-state index is 13.0. The molecule has 15 heavy (non-hydrogen) atoms. The highest BCUT2D eigenvalue weighted by Crippen LogP contribution is 2.19. The molecule has 0 bridgehead atoms. The van der Waals surface area contributed by atoms with E-state index >= 15 is 0 Å². The first kappa shape index (κ1) is 11.1. The van der Waals surface area contributed by atoms with Gasteiger partial charge < -0.3 is 10.4 Å². The molecule has 0 unspecified atom stereocenters. The monoisotopic (exact) mass is 215 g/mol. The number of hydrogen-bond acceptors (Lipinski definition) is 2. The number of carboxylic acid groups (broad SMARTS) is 1. The van der Waals surface area contributed by atoms with Crippen LogP contribution in [0.1, 0.15) is 17.3 Å². The van der Waals surface area contributed by atoms with E-state index in [1.54, 1.807) is 0 Å². The molecule has 0 heterocycles. The molecule has 0 spiro atoms. The Bertz CT molecular complexity index is 432. The summed E-state index contributed by atoms with van der Waals surface area (Å²) in [4.78, 5) is 21.1. The Labute approximate surface area is 83.5 Å². The van der Waals surface area contributed by atoms with Crippen LogP contribution >= 0.6 is 0 Å². The molecular weight excluding hydrogens is 208 g/mol. The van der Waals surface area contributed by atoms with Crippen molar-refractivity contribution in [3.63, 3.8) is 0 Å². The summed E-state index contributed by atoms with van der Waals surface area (Å²) in [6.45, 7) is 1.13. The molecule has 0 saturated heterocycles. The molecule has 0 saturated carbocycles. The minimum absolute atomic E-state index is 0.360. The quantitative estimate of drug-likeness (QED) is 0.787. The first-order valence-corrected chi connectivity index (χ1v) is 3.91. The van der Waals surface area contributed by atoms with E-state index in [-0.39, 0.29) is 5.69 Å². The van der Waals surface area contributed by atoms with Gasteiger partial charge in [-0.2, -0.15) is 0 Å². The van der Waals surface area contributed by atoms with Gasteiger partial charge in [0.25, 0.3) is 0 Å². The van der Waals surface area contributed by atoms with Gasteiger partial charge in [-0.3, -0.25) is 4.79 Å². The lowest BCUT2D eigenvalue weighted by Gasteiger charge is -2.05. The Morgan fingerprint density at radius 2 is 1.87 bits per heavy atom. The van der Waals surface area contributed by atoms with Crippen LogP contribution in [0.15, 0.2) is 12.1 Å². The average molecular weight is 215 g/mol. The van der Waals surface area contributed by atoms with Gasteiger partial charge in [0.1, 0.15) is 11.6 Å². The van der Waals surface area contributed by atoms with Crippen molar-refractivity contribution in [2.75, 3.05) is 5.32 Å². The van der Waals surface area contributed by atoms with Gasteiger partial charge >= 0.3 is 5.97 Å². The summed E-state index contributed by atoms with van der Waals surface area (Å²) >= 11 is 0. The molecule has 1 rings (SSSR count). The van der Waals surface area contributed by atoms with Crippen molar-refractivity contribution in [2.24, 2.45) is 0 Å². The number of anilines is 1. The van der Waals surface area contributed by atoms with E-state index in [1.807, 2.05) is 0 Å². The molecule has 4 nitrogen and oxygen atoms in total. The molecule has 0 aliphatic carbocycles. The second kappa shape index (κ2) is 4.04. The van der Waals surface area contributed by atoms with Crippen LogP contribution in [0.3, 0.4) is 0 Å². The zero-order valence-corrected chi connectivity index (χ0v) is 7.67. The van der Waals surface area contributed by atoms with Crippen LogP contribution in [0.5, 0.6) is 0 Å². The molecule has 0 aliphatic rings. The van der Waals surface area contributed by atoms with Crippen LogP contribution in [0.4, 0.5) is 14.5 Å². The number of halogens is 2. The molecule has 1 aromatic carbocycles. The lowest BCUT2D eigenvalue weighted by molar-refractivity contribution is -0.114. The normalized spacial score (nSPS) is 9.80. The van der Waals surface area contributed by atoms with Gasteiger partial charge in [-0.05, 0) is 6.07 Å². The van der Waals surface area contributed by atoms with Crippen LogP contribution in [0.25, 0.3) is 0 Å². The summed E-state index contributed by atoms with van der Waals surface area (Å²) in [7, 11) is 0. The molecule has 1 aromatic rings. The lowest BCUT2D eigenvalue weighted by Crippen LogP contribution is -2.10. The molecule has 0 aromatic heterocycles. The summed E-state index contributed by atoms with van der Waals surface area (Å²) in [6.07, 6.45) is 0. The number of carbonyl (C=O) groups excluding carboxylic acids is 1. The van der Waals surface area contributed by atoms with Crippen LogP contribution < -0.4 is 5.32 Å². The molecule has 80 valence electrons. The van der Waals surface area contributed by atoms with Crippen molar-refractivity contribution in [3.05, 3.63) is 29.3 Å². The van der Waals surface area contributed by atoms with Crippen molar-refractivity contribution < 1.29 is 23.5 Å².